The molecule has 6 nitrogen and oxygen atoms in total. The molecule has 0 bridgehead atoms. The SMILES string of the molecule is C[C@@H]1CN(C(=O)CSc2ccc([N+](=O)[O-])cc2)[C@@H](C)CO1. The molecule has 1 aliphatic heterocycles. The molecule has 114 valence electrons. The maximum atomic E-state index is 12.2. The highest BCUT2D eigenvalue weighted by Crippen LogP contribution is 2.22. The van der Waals surface area contributed by atoms with Gasteiger partial charge in [-0.2, -0.15) is 0 Å². The average Bonchev–Trinajstić information content (AvgIpc) is 2.47. The molecule has 1 fully saturated rings. The number of carbonyl (C=O) groups excluding carboxylic acids is 1. The smallest absolute Gasteiger partial charge is 0.269 e. The largest absolute Gasteiger partial charge is 0.375 e. The molecule has 1 aromatic carbocycles. The van der Waals surface area contributed by atoms with E-state index in [9.17, 15) is 14.9 Å². The zero-order valence-corrected chi connectivity index (χ0v) is 12.8. The van der Waals surface area contributed by atoms with Crippen molar-refractivity contribution in [1.29, 1.82) is 0 Å². The maximum Gasteiger partial charge on any atom is 0.269 e. The summed E-state index contributed by atoms with van der Waals surface area (Å²) in [5.74, 6) is 0.399. The van der Waals surface area contributed by atoms with Crippen molar-refractivity contribution in [3.8, 4) is 0 Å². The second-order valence-corrected chi connectivity index (χ2v) is 6.13. The van der Waals surface area contributed by atoms with Gasteiger partial charge in [0.05, 0.1) is 29.4 Å². The number of hydrogen-bond acceptors (Lipinski definition) is 5. The molecular weight excluding hydrogens is 292 g/mol. The number of morpholine rings is 1. The fourth-order valence-corrected chi connectivity index (χ4v) is 2.93. The number of nitro benzene ring substituents is 1. The number of amides is 1. The van der Waals surface area contributed by atoms with Crippen molar-refractivity contribution in [2.24, 2.45) is 0 Å². The lowest BCUT2D eigenvalue weighted by atomic mass is 10.2. The lowest BCUT2D eigenvalue weighted by molar-refractivity contribution is -0.384. The summed E-state index contributed by atoms with van der Waals surface area (Å²) in [6.07, 6.45) is 0.0644. The van der Waals surface area contributed by atoms with Crippen LogP contribution in [0, 0.1) is 10.1 Å². The minimum Gasteiger partial charge on any atom is -0.375 e. The lowest BCUT2D eigenvalue weighted by Crippen LogP contribution is -2.50. The Balaban J connectivity index is 1.89. The van der Waals surface area contributed by atoms with E-state index in [-0.39, 0.29) is 23.7 Å². The van der Waals surface area contributed by atoms with Crippen LogP contribution in [0.5, 0.6) is 0 Å². The normalized spacial score (nSPS) is 22.1. The van der Waals surface area contributed by atoms with Crippen molar-refractivity contribution in [2.45, 2.75) is 30.9 Å². The number of rotatable bonds is 4. The van der Waals surface area contributed by atoms with Crippen LogP contribution in [-0.4, -0.2) is 46.8 Å². The van der Waals surface area contributed by atoms with Gasteiger partial charge in [-0.1, -0.05) is 0 Å². The Labute approximate surface area is 127 Å². The molecule has 1 heterocycles. The highest BCUT2D eigenvalue weighted by atomic mass is 32.2. The predicted octanol–water partition coefficient (Wildman–Crippen LogP) is 2.32. The van der Waals surface area contributed by atoms with Crippen LogP contribution in [0.3, 0.4) is 0 Å². The first-order valence-corrected chi connectivity index (χ1v) is 7.74. The van der Waals surface area contributed by atoms with E-state index in [2.05, 4.69) is 0 Å². The van der Waals surface area contributed by atoms with Crippen LogP contribution in [0.2, 0.25) is 0 Å². The van der Waals surface area contributed by atoms with E-state index < -0.39 is 4.92 Å². The second kappa shape index (κ2) is 6.91. The van der Waals surface area contributed by atoms with E-state index in [1.807, 2.05) is 18.7 Å². The van der Waals surface area contributed by atoms with Crippen LogP contribution in [0.25, 0.3) is 0 Å². The van der Waals surface area contributed by atoms with Crippen molar-refractivity contribution >= 4 is 23.4 Å². The fourth-order valence-electron chi connectivity index (χ4n) is 2.14. The van der Waals surface area contributed by atoms with E-state index in [1.54, 1.807) is 12.1 Å². The van der Waals surface area contributed by atoms with Gasteiger partial charge in [0, 0.05) is 23.6 Å². The number of ether oxygens (including phenoxy) is 1. The fraction of sp³-hybridized carbons (Fsp3) is 0.500. The first-order chi connectivity index (χ1) is 9.97. The molecule has 1 saturated heterocycles. The molecule has 0 unspecified atom stereocenters. The second-order valence-electron chi connectivity index (χ2n) is 5.08. The van der Waals surface area contributed by atoms with Crippen molar-refractivity contribution in [2.75, 3.05) is 18.9 Å². The molecule has 0 saturated carbocycles. The molecule has 0 radical (unpaired) electrons. The number of benzene rings is 1. The number of non-ortho nitro benzene ring substituents is 1. The number of hydrogen-bond donors (Lipinski definition) is 0. The number of nitro groups is 1. The molecule has 1 aromatic rings. The van der Waals surface area contributed by atoms with E-state index in [4.69, 9.17) is 4.74 Å². The van der Waals surface area contributed by atoms with E-state index in [0.717, 1.165) is 4.90 Å². The molecule has 2 atom stereocenters. The van der Waals surface area contributed by atoms with Gasteiger partial charge < -0.3 is 9.64 Å². The molecular formula is C14H18N2O4S. The Morgan fingerprint density at radius 3 is 2.71 bits per heavy atom. The Morgan fingerprint density at radius 1 is 1.43 bits per heavy atom. The topological polar surface area (TPSA) is 72.7 Å². The summed E-state index contributed by atoms with van der Waals surface area (Å²) >= 11 is 1.39. The van der Waals surface area contributed by atoms with Gasteiger partial charge in [0.25, 0.3) is 5.69 Å². The highest BCUT2D eigenvalue weighted by Gasteiger charge is 2.27. The van der Waals surface area contributed by atoms with E-state index in [0.29, 0.717) is 18.9 Å². The molecule has 0 aliphatic carbocycles. The predicted molar refractivity (Wildman–Crippen MR) is 80.4 cm³/mol. The summed E-state index contributed by atoms with van der Waals surface area (Å²) in [6.45, 7) is 5.10. The highest BCUT2D eigenvalue weighted by molar-refractivity contribution is 8.00. The molecule has 1 aliphatic rings. The quantitative estimate of drug-likeness (QED) is 0.485. The molecule has 2 rings (SSSR count). The third-order valence-corrected chi connectivity index (χ3v) is 4.33. The minimum atomic E-state index is -0.434. The Hall–Kier alpha value is -1.60. The third kappa shape index (κ3) is 4.18. The van der Waals surface area contributed by atoms with Gasteiger partial charge in [-0.3, -0.25) is 14.9 Å². The van der Waals surface area contributed by atoms with Crippen molar-refractivity contribution < 1.29 is 14.5 Å². The standard InChI is InChI=1S/C14H18N2O4S/c1-10-8-20-11(2)7-15(10)14(17)9-21-13-5-3-12(4-6-13)16(18)19/h3-6,10-11H,7-9H2,1-2H3/t10-,11+/m0/s1. The van der Waals surface area contributed by atoms with Crippen molar-refractivity contribution in [1.82, 2.24) is 4.90 Å². The van der Waals surface area contributed by atoms with Crippen molar-refractivity contribution in [3.05, 3.63) is 34.4 Å². The summed E-state index contributed by atoms with van der Waals surface area (Å²) in [5.41, 5.74) is 0.0568. The summed E-state index contributed by atoms with van der Waals surface area (Å²) in [5, 5.41) is 10.6. The molecule has 21 heavy (non-hydrogen) atoms. The zero-order valence-electron chi connectivity index (χ0n) is 12.0. The molecule has 7 heteroatoms. The monoisotopic (exact) mass is 310 g/mol. The average molecular weight is 310 g/mol. The molecule has 0 spiro atoms. The Morgan fingerprint density at radius 2 is 2.10 bits per heavy atom. The van der Waals surface area contributed by atoms with Gasteiger partial charge in [0.1, 0.15) is 0 Å². The summed E-state index contributed by atoms with van der Waals surface area (Å²) < 4.78 is 5.50. The maximum absolute atomic E-state index is 12.2. The number of thioether (sulfide) groups is 1. The van der Waals surface area contributed by atoms with Crippen LogP contribution in [0.15, 0.2) is 29.2 Å². The first-order valence-electron chi connectivity index (χ1n) is 6.75. The minimum absolute atomic E-state index is 0.0568. The Kier molecular flexibility index (Phi) is 5.19. The van der Waals surface area contributed by atoms with Crippen LogP contribution in [0.4, 0.5) is 5.69 Å². The third-order valence-electron chi connectivity index (χ3n) is 3.34. The molecule has 0 N–H and O–H groups in total. The number of nitrogens with zero attached hydrogens (tertiary/aromatic N) is 2. The van der Waals surface area contributed by atoms with Gasteiger partial charge in [0.2, 0.25) is 5.91 Å². The van der Waals surface area contributed by atoms with Crippen molar-refractivity contribution in [3.63, 3.8) is 0 Å². The Bertz CT molecular complexity index is 520. The first kappa shape index (κ1) is 15.8. The van der Waals surface area contributed by atoms with Gasteiger partial charge in [-0.15, -0.1) is 11.8 Å². The summed E-state index contributed by atoms with van der Waals surface area (Å²) in [7, 11) is 0. The summed E-state index contributed by atoms with van der Waals surface area (Å²) in [4.78, 5) is 25.1. The molecule has 0 aromatic heterocycles. The van der Waals surface area contributed by atoms with Crippen LogP contribution < -0.4 is 0 Å². The lowest BCUT2D eigenvalue weighted by Gasteiger charge is -2.36. The summed E-state index contributed by atoms with van der Waals surface area (Å²) in [6, 6.07) is 6.33. The number of carbonyl (C=O) groups is 1. The van der Waals surface area contributed by atoms with Gasteiger partial charge >= 0.3 is 0 Å². The van der Waals surface area contributed by atoms with E-state index >= 15 is 0 Å². The van der Waals surface area contributed by atoms with Crippen LogP contribution >= 0.6 is 11.8 Å². The van der Waals surface area contributed by atoms with Gasteiger partial charge in [-0.05, 0) is 26.0 Å². The van der Waals surface area contributed by atoms with E-state index in [1.165, 1.54) is 23.9 Å². The zero-order chi connectivity index (χ0) is 15.4. The van der Waals surface area contributed by atoms with Crippen LogP contribution in [0.1, 0.15) is 13.8 Å². The van der Waals surface area contributed by atoms with Crippen LogP contribution in [-0.2, 0) is 9.53 Å². The van der Waals surface area contributed by atoms with Gasteiger partial charge in [-0.25, -0.2) is 0 Å². The molecule has 1 amide bonds. The van der Waals surface area contributed by atoms with Gasteiger partial charge in [0.15, 0.2) is 0 Å².